The molecule has 1 fully saturated rings. The average Bonchev–Trinajstić information content (AvgIpc) is 2.94. The molecule has 0 spiro atoms. The Kier molecular flexibility index (Phi) is 5.24. The summed E-state index contributed by atoms with van der Waals surface area (Å²) in [6.45, 7) is 5.92. The van der Waals surface area contributed by atoms with Gasteiger partial charge in [0.2, 0.25) is 0 Å². The van der Waals surface area contributed by atoms with Crippen molar-refractivity contribution in [3.05, 3.63) is 45.1 Å². The lowest BCUT2D eigenvalue weighted by atomic mass is 10.1. The van der Waals surface area contributed by atoms with Crippen LogP contribution in [0, 0.1) is 13.8 Å². The van der Waals surface area contributed by atoms with Crippen LogP contribution in [0.25, 0.3) is 0 Å². The van der Waals surface area contributed by atoms with Crippen LogP contribution in [0.5, 0.6) is 0 Å². The van der Waals surface area contributed by atoms with E-state index < -0.39 is 17.6 Å². The number of alkyl halides is 3. The number of hydrogen-bond donors (Lipinski definition) is 1. The molecule has 8 heteroatoms. The smallest absolute Gasteiger partial charge is 0.378 e. The quantitative estimate of drug-likeness (QED) is 0.849. The van der Waals surface area contributed by atoms with Gasteiger partial charge in [-0.05, 0) is 43.7 Å². The summed E-state index contributed by atoms with van der Waals surface area (Å²) in [7, 11) is 0. The minimum Gasteiger partial charge on any atom is -0.378 e. The van der Waals surface area contributed by atoms with E-state index in [9.17, 15) is 18.0 Å². The summed E-state index contributed by atoms with van der Waals surface area (Å²) in [5.41, 5.74) is 0.927. The van der Waals surface area contributed by atoms with E-state index in [1.54, 1.807) is 6.07 Å². The van der Waals surface area contributed by atoms with Gasteiger partial charge in [-0.25, -0.2) is 0 Å². The highest BCUT2D eigenvalue weighted by Crippen LogP contribution is 2.36. The van der Waals surface area contributed by atoms with Gasteiger partial charge in [0.15, 0.2) is 0 Å². The Morgan fingerprint density at radius 2 is 1.88 bits per heavy atom. The third kappa shape index (κ3) is 4.02. The summed E-state index contributed by atoms with van der Waals surface area (Å²) in [5.74, 6) is -0.403. The first kappa shape index (κ1) is 18.7. The maximum atomic E-state index is 13.1. The highest BCUT2D eigenvalue weighted by atomic mass is 32.1. The molecule has 1 aromatic heterocycles. The third-order valence-electron chi connectivity index (χ3n) is 4.31. The van der Waals surface area contributed by atoms with E-state index >= 15 is 0 Å². The van der Waals surface area contributed by atoms with Crippen LogP contribution in [0.4, 0.5) is 24.5 Å². The monoisotopic (exact) mass is 384 g/mol. The zero-order valence-corrected chi connectivity index (χ0v) is 15.3. The van der Waals surface area contributed by atoms with Gasteiger partial charge in [0.1, 0.15) is 0 Å². The van der Waals surface area contributed by atoms with Gasteiger partial charge in [-0.15, -0.1) is 11.3 Å². The molecule has 0 radical (unpaired) electrons. The van der Waals surface area contributed by atoms with E-state index in [2.05, 4.69) is 5.32 Å². The molecule has 0 aliphatic carbocycles. The summed E-state index contributed by atoms with van der Waals surface area (Å²) < 4.78 is 44.6. The number of carbonyl (C=O) groups is 1. The van der Waals surface area contributed by atoms with Crippen LogP contribution in [0.1, 0.15) is 25.7 Å². The highest BCUT2D eigenvalue weighted by Gasteiger charge is 2.32. The Bertz CT molecular complexity index is 792. The molecule has 0 bridgehead atoms. The molecular formula is C18H19F3N2O2S. The highest BCUT2D eigenvalue weighted by molar-refractivity contribution is 7.14. The summed E-state index contributed by atoms with van der Waals surface area (Å²) in [5, 5.41) is 2.67. The second-order valence-electron chi connectivity index (χ2n) is 6.13. The van der Waals surface area contributed by atoms with E-state index in [0.29, 0.717) is 36.9 Å². The largest absolute Gasteiger partial charge is 0.416 e. The number of ether oxygens (including phenoxy) is 1. The Hall–Kier alpha value is -2.06. The molecule has 1 aliphatic rings. The van der Waals surface area contributed by atoms with Crippen molar-refractivity contribution in [2.75, 3.05) is 36.5 Å². The van der Waals surface area contributed by atoms with Crippen molar-refractivity contribution in [3.8, 4) is 0 Å². The van der Waals surface area contributed by atoms with E-state index in [1.165, 1.54) is 17.4 Å². The normalized spacial score (nSPS) is 15.2. The number of thiophene rings is 1. The fraction of sp³-hybridized carbons (Fsp3) is 0.389. The second-order valence-corrected chi connectivity index (χ2v) is 7.39. The van der Waals surface area contributed by atoms with Gasteiger partial charge in [-0.1, -0.05) is 0 Å². The number of nitrogens with zero attached hydrogens (tertiary/aromatic N) is 1. The van der Waals surface area contributed by atoms with Crippen molar-refractivity contribution < 1.29 is 22.7 Å². The molecule has 1 amide bonds. The third-order valence-corrected chi connectivity index (χ3v) is 5.46. The minimum atomic E-state index is -4.47. The zero-order valence-electron chi connectivity index (χ0n) is 14.4. The lowest BCUT2D eigenvalue weighted by Crippen LogP contribution is -2.36. The lowest BCUT2D eigenvalue weighted by Gasteiger charge is -2.31. The first-order chi connectivity index (χ1) is 12.3. The lowest BCUT2D eigenvalue weighted by molar-refractivity contribution is -0.137. The average molecular weight is 384 g/mol. The Balaban J connectivity index is 1.94. The number of halogens is 3. The number of hydrogen-bond acceptors (Lipinski definition) is 4. The molecule has 0 atom stereocenters. The van der Waals surface area contributed by atoms with Crippen molar-refractivity contribution >= 4 is 28.6 Å². The zero-order chi connectivity index (χ0) is 18.9. The molecule has 4 nitrogen and oxygen atoms in total. The fourth-order valence-electron chi connectivity index (χ4n) is 2.76. The Morgan fingerprint density at radius 1 is 1.19 bits per heavy atom. The topological polar surface area (TPSA) is 41.6 Å². The van der Waals surface area contributed by atoms with Crippen molar-refractivity contribution in [2.45, 2.75) is 20.0 Å². The van der Waals surface area contributed by atoms with Crippen LogP contribution in [0.15, 0.2) is 24.3 Å². The van der Waals surface area contributed by atoms with Crippen molar-refractivity contribution in [1.82, 2.24) is 0 Å². The van der Waals surface area contributed by atoms with Gasteiger partial charge in [0.25, 0.3) is 5.91 Å². The number of morpholine rings is 1. The van der Waals surface area contributed by atoms with E-state index in [1.807, 2.05) is 18.7 Å². The minimum absolute atomic E-state index is 0.162. The maximum absolute atomic E-state index is 13.1. The molecule has 1 aliphatic heterocycles. The van der Waals surface area contributed by atoms with Crippen LogP contribution in [0.2, 0.25) is 0 Å². The molecule has 1 saturated heterocycles. The van der Waals surface area contributed by atoms with Crippen LogP contribution in [0.3, 0.4) is 0 Å². The van der Waals surface area contributed by atoms with Crippen LogP contribution in [-0.4, -0.2) is 32.2 Å². The summed E-state index contributed by atoms with van der Waals surface area (Å²) in [6.07, 6.45) is -4.47. The van der Waals surface area contributed by atoms with Gasteiger partial charge in [0, 0.05) is 18.0 Å². The standard InChI is InChI=1S/C18H19F3N2O2S/c1-11-9-16(26-12(11)2)17(24)22-14-10-13(18(19,20)21)3-4-15(14)23-5-7-25-8-6-23/h3-4,9-10H,5-8H2,1-2H3,(H,22,24). The van der Waals surface area contributed by atoms with Crippen molar-refractivity contribution in [1.29, 1.82) is 0 Å². The molecule has 0 saturated carbocycles. The first-order valence-corrected chi connectivity index (χ1v) is 8.99. The summed E-state index contributed by atoms with van der Waals surface area (Å²) >= 11 is 1.33. The van der Waals surface area contributed by atoms with Gasteiger partial charge in [0.05, 0.1) is 35.0 Å². The van der Waals surface area contributed by atoms with Crippen molar-refractivity contribution in [2.24, 2.45) is 0 Å². The molecule has 0 unspecified atom stereocenters. The van der Waals surface area contributed by atoms with Gasteiger partial charge in [-0.3, -0.25) is 4.79 Å². The number of benzene rings is 1. The number of carbonyl (C=O) groups excluding carboxylic acids is 1. The molecule has 26 heavy (non-hydrogen) atoms. The first-order valence-electron chi connectivity index (χ1n) is 8.18. The number of anilines is 2. The number of amides is 1. The second kappa shape index (κ2) is 7.28. The van der Waals surface area contributed by atoms with Crippen molar-refractivity contribution in [3.63, 3.8) is 0 Å². The Morgan fingerprint density at radius 3 is 2.46 bits per heavy atom. The van der Waals surface area contributed by atoms with Gasteiger partial charge < -0.3 is 15.0 Å². The predicted molar refractivity (Wildman–Crippen MR) is 96.2 cm³/mol. The molecule has 2 aromatic rings. The van der Waals surface area contributed by atoms with Gasteiger partial charge >= 0.3 is 6.18 Å². The van der Waals surface area contributed by atoms with Crippen LogP contribution < -0.4 is 10.2 Å². The van der Waals surface area contributed by atoms with Gasteiger partial charge in [-0.2, -0.15) is 13.2 Å². The molecular weight excluding hydrogens is 365 g/mol. The summed E-state index contributed by atoms with van der Waals surface area (Å²) in [6, 6.07) is 5.20. The van der Waals surface area contributed by atoms with E-state index in [0.717, 1.165) is 22.6 Å². The number of nitrogens with one attached hydrogen (secondary N) is 1. The van der Waals surface area contributed by atoms with Crippen LogP contribution in [-0.2, 0) is 10.9 Å². The van der Waals surface area contributed by atoms with E-state index in [-0.39, 0.29) is 5.69 Å². The number of aryl methyl sites for hydroxylation is 2. The number of rotatable bonds is 3. The van der Waals surface area contributed by atoms with Crippen LogP contribution >= 0.6 is 11.3 Å². The summed E-state index contributed by atoms with van der Waals surface area (Å²) in [4.78, 5) is 16.0. The SMILES string of the molecule is Cc1cc(C(=O)Nc2cc(C(F)(F)F)ccc2N2CCOCC2)sc1C. The van der Waals surface area contributed by atoms with E-state index in [4.69, 9.17) is 4.74 Å². The fourth-order valence-corrected chi connectivity index (χ4v) is 3.69. The predicted octanol–water partition coefficient (Wildman–Crippen LogP) is 4.47. The molecule has 1 N–H and O–H groups in total. The molecule has 2 heterocycles. The Labute approximate surface area is 153 Å². The molecule has 140 valence electrons. The molecule has 1 aromatic carbocycles. The maximum Gasteiger partial charge on any atom is 0.416 e. The molecule has 3 rings (SSSR count).